The van der Waals surface area contributed by atoms with Crippen molar-refractivity contribution in [2.45, 2.75) is 25.4 Å². The van der Waals surface area contributed by atoms with Crippen molar-refractivity contribution in [3.63, 3.8) is 0 Å². The summed E-state index contributed by atoms with van der Waals surface area (Å²) < 4.78 is 28.7. The van der Waals surface area contributed by atoms with E-state index >= 15 is 0 Å². The minimum absolute atomic E-state index is 0.0142. The van der Waals surface area contributed by atoms with Crippen LogP contribution in [0.3, 0.4) is 0 Å². The topological polar surface area (TPSA) is 106 Å². The number of imide groups is 1. The van der Waals surface area contributed by atoms with E-state index in [1.807, 2.05) is 0 Å². The highest BCUT2D eigenvalue weighted by Gasteiger charge is 2.43. The molecule has 32 heavy (non-hydrogen) atoms. The fourth-order valence-corrected chi connectivity index (χ4v) is 4.05. The third-order valence-electron chi connectivity index (χ3n) is 5.80. The number of hydrogen-bond donors (Lipinski definition) is 0. The first-order chi connectivity index (χ1) is 15.4. The predicted molar refractivity (Wildman–Crippen MR) is 106 cm³/mol. The van der Waals surface area contributed by atoms with Gasteiger partial charge in [0, 0.05) is 38.2 Å². The van der Waals surface area contributed by atoms with Crippen LogP contribution in [0.25, 0.3) is 0 Å². The fraction of sp³-hybridized carbons (Fsp3) is 0.524. The molecule has 0 aliphatic carbocycles. The first-order valence-electron chi connectivity index (χ1n) is 10.5. The van der Waals surface area contributed by atoms with Gasteiger partial charge in [-0.3, -0.25) is 19.3 Å². The number of carbonyl (C=O) groups is 4. The first-order valence-corrected chi connectivity index (χ1v) is 10.5. The zero-order valence-electron chi connectivity index (χ0n) is 17.5. The number of morpholine rings is 1. The van der Waals surface area contributed by atoms with Crippen LogP contribution in [0.4, 0.5) is 9.18 Å². The molecule has 0 bridgehead atoms. The number of benzene rings is 1. The molecular formula is C21H24FN3O7. The van der Waals surface area contributed by atoms with Crippen molar-refractivity contribution in [3.8, 4) is 0 Å². The molecule has 4 rings (SSSR count). The number of likely N-dealkylation sites (tertiary alicyclic amines) is 1. The number of halogens is 1. The van der Waals surface area contributed by atoms with Gasteiger partial charge in [-0.1, -0.05) is 0 Å². The second-order valence-electron chi connectivity index (χ2n) is 7.77. The van der Waals surface area contributed by atoms with Gasteiger partial charge in [0.25, 0.3) is 11.8 Å². The van der Waals surface area contributed by atoms with Gasteiger partial charge in [-0.2, -0.15) is 0 Å². The molecule has 1 aromatic rings. The third-order valence-corrected chi connectivity index (χ3v) is 5.80. The van der Waals surface area contributed by atoms with E-state index in [1.54, 1.807) is 0 Å². The Morgan fingerprint density at radius 3 is 2.72 bits per heavy atom. The highest BCUT2D eigenvalue weighted by atomic mass is 19.1. The summed E-state index contributed by atoms with van der Waals surface area (Å²) in [6, 6.07) is 2.95. The van der Waals surface area contributed by atoms with Crippen LogP contribution >= 0.6 is 0 Å². The van der Waals surface area contributed by atoms with E-state index in [2.05, 4.69) is 4.90 Å². The molecular weight excluding hydrogens is 425 g/mol. The second-order valence-corrected chi connectivity index (χ2v) is 7.77. The highest BCUT2D eigenvalue weighted by Crippen LogP contribution is 2.29. The van der Waals surface area contributed by atoms with E-state index in [-0.39, 0.29) is 26.0 Å². The summed E-state index contributed by atoms with van der Waals surface area (Å²) in [5.74, 6) is -1.99. The Kier molecular flexibility index (Phi) is 6.66. The van der Waals surface area contributed by atoms with Crippen molar-refractivity contribution in [3.05, 3.63) is 35.1 Å². The van der Waals surface area contributed by atoms with Gasteiger partial charge in [0.1, 0.15) is 18.5 Å². The molecule has 3 aliphatic rings. The van der Waals surface area contributed by atoms with E-state index < -0.39 is 42.5 Å². The van der Waals surface area contributed by atoms with Gasteiger partial charge in [-0.25, -0.2) is 14.1 Å². The van der Waals surface area contributed by atoms with Gasteiger partial charge < -0.3 is 19.1 Å². The first kappa shape index (κ1) is 22.2. The van der Waals surface area contributed by atoms with Crippen LogP contribution in [0.5, 0.6) is 0 Å². The zero-order valence-corrected chi connectivity index (χ0v) is 17.5. The summed E-state index contributed by atoms with van der Waals surface area (Å²) in [4.78, 5) is 53.9. The van der Waals surface area contributed by atoms with Crippen LogP contribution in [0.1, 0.15) is 28.8 Å². The summed E-state index contributed by atoms with van der Waals surface area (Å²) in [6.07, 6.45) is -0.818. The van der Waals surface area contributed by atoms with Crippen molar-refractivity contribution in [2.24, 2.45) is 0 Å². The molecule has 0 spiro atoms. The van der Waals surface area contributed by atoms with Crippen molar-refractivity contribution in [2.75, 3.05) is 46.2 Å². The summed E-state index contributed by atoms with van der Waals surface area (Å²) in [5.41, 5.74) is 0.828. The molecule has 3 amide bonds. The quantitative estimate of drug-likeness (QED) is 0.463. The van der Waals surface area contributed by atoms with Crippen LogP contribution in [-0.2, 0) is 30.3 Å². The molecule has 1 atom stereocenters. The number of amides is 3. The monoisotopic (exact) mass is 449 g/mol. The lowest BCUT2D eigenvalue weighted by Crippen LogP contribution is -2.55. The Hall–Kier alpha value is -3.05. The largest absolute Gasteiger partial charge is 0.510 e. The average molecular weight is 449 g/mol. The Labute approximate surface area is 183 Å². The molecule has 1 aromatic carbocycles. The van der Waals surface area contributed by atoms with Gasteiger partial charge in [0.05, 0.1) is 13.2 Å². The molecule has 11 heteroatoms. The van der Waals surface area contributed by atoms with Crippen molar-refractivity contribution >= 4 is 23.9 Å². The minimum atomic E-state index is -0.985. The Balaban J connectivity index is 1.29. The molecule has 0 saturated carbocycles. The van der Waals surface area contributed by atoms with E-state index in [0.717, 1.165) is 18.0 Å². The summed E-state index contributed by atoms with van der Waals surface area (Å²) in [5, 5.41) is 0. The maximum Gasteiger partial charge on any atom is 0.510 e. The summed E-state index contributed by atoms with van der Waals surface area (Å²) in [7, 11) is 0. The molecule has 1 unspecified atom stereocenters. The molecule has 0 radical (unpaired) electrons. The van der Waals surface area contributed by atoms with E-state index in [9.17, 15) is 23.6 Å². The number of carbonyl (C=O) groups excluding carboxylic acids is 4. The lowest BCUT2D eigenvalue weighted by molar-refractivity contribution is -0.157. The second kappa shape index (κ2) is 9.61. The molecule has 0 N–H and O–H groups in total. The number of rotatable bonds is 6. The van der Waals surface area contributed by atoms with Crippen LogP contribution < -0.4 is 0 Å². The molecule has 3 heterocycles. The van der Waals surface area contributed by atoms with Gasteiger partial charge >= 0.3 is 6.16 Å². The van der Waals surface area contributed by atoms with Crippen molar-refractivity contribution in [1.29, 1.82) is 0 Å². The number of ether oxygens (including phenoxy) is 3. The summed E-state index contributed by atoms with van der Waals surface area (Å²) in [6.45, 7) is 2.89. The minimum Gasteiger partial charge on any atom is -0.433 e. The van der Waals surface area contributed by atoms with Crippen LogP contribution in [-0.4, -0.2) is 90.8 Å². The van der Waals surface area contributed by atoms with Crippen LogP contribution in [0.15, 0.2) is 18.2 Å². The Morgan fingerprint density at radius 1 is 1.16 bits per heavy atom. The van der Waals surface area contributed by atoms with Crippen LogP contribution in [0, 0.1) is 5.82 Å². The summed E-state index contributed by atoms with van der Waals surface area (Å²) >= 11 is 0. The molecule has 2 saturated heterocycles. The molecule has 3 aliphatic heterocycles. The molecule has 172 valence electrons. The standard InChI is InChI=1S/C21H24FN3O7/c22-15-1-2-16-14(11-15)12-24(19(16)27)17-3-4-18(26)25(20(17)28)13-32-21(29)31-10-7-23-5-8-30-9-6-23/h1-2,11,17H,3-10,12-13H2. The Morgan fingerprint density at radius 2 is 1.94 bits per heavy atom. The van der Waals surface area contributed by atoms with E-state index in [0.29, 0.717) is 30.9 Å². The molecule has 0 aromatic heterocycles. The van der Waals surface area contributed by atoms with Crippen LogP contribution in [0.2, 0.25) is 0 Å². The zero-order chi connectivity index (χ0) is 22.7. The molecule has 10 nitrogen and oxygen atoms in total. The van der Waals surface area contributed by atoms with Gasteiger partial charge in [-0.05, 0) is 30.2 Å². The Bertz CT molecular complexity index is 919. The van der Waals surface area contributed by atoms with Gasteiger partial charge in [0.2, 0.25) is 5.91 Å². The number of hydrogen-bond acceptors (Lipinski definition) is 8. The van der Waals surface area contributed by atoms with E-state index in [1.165, 1.54) is 23.1 Å². The smallest absolute Gasteiger partial charge is 0.433 e. The van der Waals surface area contributed by atoms with Crippen molar-refractivity contribution < 1.29 is 37.8 Å². The van der Waals surface area contributed by atoms with Gasteiger partial charge in [0.15, 0.2) is 6.73 Å². The van der Waals surface area contributed by atoms with Crippen molar-refractivity contribution in [1.82, 2.24) is 14.7 Å². The maximum atomic E-state index is 13.5. The SMILES string of the molecule is O=C(OCCN1CCOCC1)OCN1C(=O)CCC(N2Cc3cc(F)ccc3C2=O)C1=O. The predicted octanol–water partition coefficient (Wildman–Crippen LogP) is 0.742. The highest BCUT2D eigenvalue weighted by molar-refractivity contribution is 6.05. The maximum absolute atomic E-state index is 13.5. The molecule has 2 fully saturated rings. The average Bonchev–Trinajstić information content (AvgIpc) is 3.09. The van der Waals surface area contributed by atoms with Gasteiger partial charge in [-0.15, -0.1) is 0 Å². The number of nitrogens with zero attached hydrogens (tertiary/aromatic N) is 3. The lowest BCUT2D eigenvalue weighted by Gasteiger charge is -2.34. The lowest BCUT2D eigenvalue weighted by atomic mass is 10.0. The normalized spacial score (nSPS) is 21.7. The fourth-order valence-electron chi connectivity index (χ4n) is 4.05. The van der Waals surface area contributed by atoms with E-state index in [4.69, 9.17) is 14.2 Å². The number of piperidine rings is 1. The third kappa shape index (κ3) is 4.73. The number of fused-ring (bicyclic) bond motifs is 1.